The van der Waals surface area contributed by atoms with Gasteiger partial charge in [0.1, 0.15) is 5.75 Å². The normalized spacial score (nSPS) is 12.3. The molecule has 1 aromatic carbocycles. The molecule has 0 spiro atoms. The van der Waals surface area contributed by atoms with Crippen LogP contribution >= 0.6 is 0 Å². The zero-order chi connectivity index (χ0) is 12.8. The van der Waals surface area contributed by atoms with Crippen molar-refractivity contribution in [1.82, 2.24) is 0 Å². The van der Waals surface area contributed by atoms with Gasteiger partial charge in [-0.3, -0.25) is 0 Å². The van der Waals surface area contributed by atoms with Crippen LogP contribution in [0.15, 0.2) is 18.2 Å². The van der Waals surface area contributed by atoms with Crippen LogP contribution in [0.25, 0.3) is 0 Å². The Labute approximate surface area is 104 Å². The fraction of sp³-hybridized carbons (Fsp3) is 0.417. The van der Waals surface area contributed by atoms with E-state index in [9.17, 15) is 4.79 Å². The van der Waals surface area contributed by atoms with Gasteiger partial charge in [-0.1, -0.05) is 0 Å². The van der Waals surface area contributed by atoms with Crippen LogP contribution in [0.1, 0.15) is 12.8 Å². The minimum atomic E-state index is -0.771. The molecule has 1 aromatic rings. The number of aliphatic hydroxyl groups excluding tert-OH is 1. The average Bonchev–Trinajstić information content (AvgIpc) is 2.82. The third-order valence-electron chi connectivity index (χ3n) is 2.32. The van der Waals surface area contributed by atoms with Crippen molar-refractivity contribution >= 4 is 6.16 Å². The molecule has 6 nitrogen and oxygen atoms in total. The number of benzene rings is 1. The molecule has 0 atom stereocenters. The van der Waals surface area contributed by atoms with Gasteiger partial charge >= 0.3 is 6.16 Å². The first kappa shape index (κ1) is 12.5. The lowest BCUT2D eigenvalue weighted by molar-refractivity contribution is 0.0956. The lowest BCUT2D eigenvalue weighted by atomic mass is 10.3. The molecule has 0 aliphatic carbocycles. The number of aliphatic hydroxyl groups is 1. The van der Waals surface area contributed by atoms with Crippen molar-refractivity contribution in [3.05, 3.63) is 18.2 Å². The highest BCUT2D eigenvalue weighted by molar-refractivity contribution is 5.64. The van der Waals surface area contributed by atoms with Crippen molar-refractivity contribution in [2.24, 2.45) is 0 Å². The van der Waals surface area contributed by atoms with Crippen LogP contribution in [-0.4, -0.2) is 31.3 Å². The van der Waals surface area contributed by atoms with Crippen molar-refractivity contribution in [2.75, 3.05) is 20.0 Å². The van der Waals surface area contributed by atoms with Crippen molar-refractivity contribution in [3.8, 4) is 17.2 Å². The Balaban J connectivity index is 1.80. The molecular weight excluding hydrogens is 240 g/mol. The quantitative estimate of drug-likeness (QED) is 0.489. The number of unbranched alkanes of at least 4 members (excludes halogenated alkanes) is 1. The Morgan fingerprint density at radius 3 is 2.94 bits per heavy atom. The summed E-state index contributed by atoms with van der Waals surface area (Å²) in [5, 5.41) is 8.56. The molecule has 0 radical (unpaired) electrons. The van der Waals surface area contributed by atoms with Crippen LogP contribution in [0, 0.1) is 0 Å². The van der Waals surface area contributed by atoms with E-state index < -0.39 is 6.16 Å². The third kappa shape index (κ3) is 3.27. The molecule has 2 rings (SSSR count). The number of hydrogen-bond acceptors (Lipinski definition) is 6. The van der Waals surface area contributed by atoms with Gasteiger partial charge < -0.3 is 24.1 Å². The molecule has 1 N–H and O–H groups in total. The van der Waals surface area contributed by atoms with E-state index in [0.29, 0.717) is 30.1 Å². The largest absolute Gasteiger partial charge is 0.513 e. The Hall–Kier alpha value is -1.95. The molecule has 0 bridgehead atoms. The van der Waals surface area contributed by atoms with Gasteiger partial charge in [0.2, 0.25) is 6.79 Å². The van der Waals surface area contributed by atoms with Gasteiger partial charge in [0.15, 0.2) is 11.5 Å². The molecule has 0 amide bonds. The van der Waals surface area contributed by atoms with E-state index in [-0.39, 0.29) is 20.0 Å². The molecule has 1 aliphatic heterocycles. The average molecular weight is 254 g/mol. The van der Waals surface area contributed by atoms with Crippen molar-refractivity contribution in [3.63, 3.8) is 0 Å². The molecule has 0 fully saturated rings. The van der Waals surface area contributed by atoms with Gasteiger partial charge in [-0.2, -0.15) is 0 Å². The molecule has 6 heteroatoms. The maximum atomic E-state index is 11.3. The molecule has 0 saturated heterocycles. The second-order valence-electron chi connectivity index (χ2n) is 3.65. The Bertz CT molecular complexity index is 417. The molecule has 0 unspecified atom stereocenters. The highest BCUT2D eigenvalue weighted by Gasteiger charge is 2.15. The molecule has 98 valence electrons. The van der Waals surface area contributed by atoms with E-state index in [1.54, 1.807) is 18.2 Å². The zero-order valence-electron chi connectivity index (χ0n) is 9.76. The number of carbonyl (C=O) groups excluding carboxylic acids is 1. The van der Waals surface area contributed by atoms with Crippen LogP contribution < -0.4 is 14.2 Å². The second kappa shape index (κ2) is 6.11. The Morgan fingerprint density at radius 1 is 1.28 bits per heavy atom. The van der Waals surface area contributed by atoms with Crippen LogP contribution in [0.2, 0.25) is 0 Å². The van der Waals surface area contributed by atoms with Crippen LogP contribution in [0.5, 0.6) is 17.2 Å². The maximum Gasteiger partial charge on any atom is 0.513 e. The summed E-state index contributed by atoms with van der Waals surface area (Å²) in [7, 11) is 0. The number of hydrogen-bond donors (Lipinski definition) is 1. The van der Waals surface area contributed by atoms with E-state index in [1.807, 2.05) is 0 Å². The van der Waals surface area contributed by atoms with Gasteiger partial charge in [0.25, 0.3) is 0 Å². The fourth-order valence-electron chi connectivity index (χ4n) is 1.44. The summed E-state index contributed by atoms with van der Waals surface area (Å²) in [6, 6.07) is 4.83. The van der Waals surface area contributed by atoms with Gasteiger partial charge in [-0.25, -0.2) is 4.79 Å². The Kier molecular flexibility index (Phi) is 4.25. The number of rotatable bonds is 5. The summed E-state index contributed by atoms with van der Waals surface area (Å²) >= 11 is 0. The SMILES string of the molecule is O=C(OCCCCO)Oc1ccc2c(c1)OCO2. The topological polar surface area (TPSA) is 74.2 Å². The first-order valence-electron chi connectivity index (χ1n) is 5.65. The molecule has 0 saturated carbocycles. The predicted molar refractivity (Wildman–Crippen MR) is 60.9 cm³/mol. The predicted octanol–water partition coefficient (Wildman–Crippen LogP) is 1.70. The minimum Gasteiger partial charge on any atom is -0.454 e. The van der Waals surface area contributed by atoms with E-state index in [0.717, 1.165) is 0 Å². The number of ether oxygens (including phenoxy) is 4. The first-order valence-corrected chi connectivity index (χ1v) is 5.65. The minimum absolute atomic E-state index is 0.0839. The van der Waals surface area contributed by atoms with E-state index in [2.05, 4.69) is 0 Å². The van der Waals surface area contributed by atoms with Gasteiger partial charge in [0.05, 0.1) is 6.61 Å². The fourth-order valence-corrected chi connectivity index (χ4v) is 1.44. The summed E-state index contributed by atoms with van der Waals surface area (Å²) < 4.78 is 20.1. The molecule has 1 aliphatic rings. The smallest absolute Gasteiger partial charge is 0.454 e. The number of carbonyl (C=O) groups is 1. The monoisotopic (exact) mass is 254 g/mol. The summed E-state index contributed by atoms with van der Waals surface area (Å²) in [4.78, 5) is 11.3. The highest BCUT2D eigenvalue weighted by Crippen LogP contribution is 2.35. The Morgan fingerprint density at radius 2 is 2.11 bits per heavy atom. The van der Waals surface area contributed by atoms with Crippen LogP contribution in [0.3, 0.4) is 0 Å². The summed E-state index contributed by atoms with van der Waals surface area (Å²) in [5.41, 5.74) is 0. The van der Waals surface area contributed by atoms with Gasteiger partial charge in [-0.05, 0) is 25.0 Å². The highest BCUT2D eigenvalue weighted by atomic mass is 16.7. The summed E-state index contributed by atoms with van der Waals surface area (Å²) in [6.45, 7) is 0.481. The standard InChI is InChI=1S/C12H14O6/c13-5-1-2-6-15-12(14)18-9-3-4-10-11(7-9)17-8-16-10/h3-4,7,13H,1-2,5-6,8H2. The second-order valence-corrected chi connectivity index (χ2v) is 3.65. The van der Waals surface area contributed by atoms with E-state index >= 15 is 0 Å². The van der Waals surface area contributed by atoms with Crippen LogP contribution in [-0.2, 0) is 4.74 Å². The first-order chi connectivity index (χ1) is 8.79. The van der Waals surface area contributed by atoms with Crippen molar-refractivity contribution in [2.45, 2.75) is 12.8 Å². The third-order valence-corrected chi connectivity index (χ3v) is 2.32. The lowest BCUT2D eigenvalue weighted by Crippen LogP contribution is -2.11. The zero-order valence-corrected chi connectivity index (χ0v) is 9.76. The maximum absolute atomic E-state index is 11.3. The van der Waals surface area contributed by atoms with Gasteiger partial charge in [-0.15, -0.1) is 0 Å². The number of fused-ring (bicyclic) bond motifs is 1. The lowest BCUT2D eigenvalue weighted by Gasteiger charge is -2.06. The molecule has 1 heterocycles. The van der Waals surface area contributed by atoms with Crippen molar-refractivity contribution < 1.29 is 28.8 Å². The summed E-state index contributed by atoms with van der Waals surface area (Å²) in [6.07, 6.45) is 0.427. The van der Waals surface area contributed by atoms with E-state index in [4.69, 9.17) is 24.1 Å². The van der Waals surface area contributed by atoms with Crippen molar-refractivity contribution in [1.29, 1.82) is 0 Å². The summed E-state index contributed by atoms with van der Waals surface area (Å²) in [5.74, 6) is 1.51. The van der Waals surface area contributed by atoms with Crippen LogP contribution in [0.4, 0.5) is 4.79 Å². The van der Waals surface area contributed by atoms with Gasteiger partial charge in [0, 0.05) is 12.7 Å². The molecular formula is C12H14O6. The molecule has 0 aromatic heterocycles. The van der Waals surface area contributed by atoms with E-state index in [1.165, 1.54) is 0 Å². The molecule has 18 heavy (non-hydrogen) atoms.